The van der Waals surface area contributed by atoms with Crippen molar-refractivity contribution in [2.24, 2.45) is 11.8 Å². The van der Waals surface area contributed by atoms with E-state index < -0.39 is 0 Å². The molecule has 2 atom stereocenters. The quantitative estimate of drug-likeness (QED) is 0.517. The van der Waals surface area contributed by atoms with E-state index in [1.54, 1.807) is 0 Å². The highest BCUT2D eigenvalue weighted by molar-refractivity contribution is 8.03. The Labute approximate surface area is 185 Å². The number of carbonyl (C=O) groups is 1. The molecule has 0 aromatic heterocycles. The summed E-state index contributed by atoms with van der Waals surface area (Å²) in [6.07, 6.45) is 1.06. The zero-order chi connectivity index (χ0) is 19.5. The maximum absolute atomic E-state index is 12.7. The second-order valence-electron chi connectivity index (χ2n) is 7.91. The number of fused-ring (bicyclic) bond motifs is 2. The Bertz CT molecular complexity index is 794. The summed E-state index contributed by atoms with van der Waals surface area (Å²) in [5, 5.41) is 0. The van der Waals surface area contributed by atoms with E-state index >= 15 is 0 Å². The van der Waals surface area contributed by atoms with Crippen molar-refractivity contribution in [2.75, 3.05) is 23.0 Å². The Morgan fingerprint density at radius 2 is 1.11 bits per heavy atom. The molecule has 0 fully saturated rings. The SMILES string of the molecule is CC1CSc2ccc(CC(=O)Cc3ccc4c(c3)SCC(C)CS4)cc2SC1. The van der Waals surface area contributed by atoms with Crippen LogP contribution in [0.15, 0.2) is 56.0 Å². The van der Waals surface area contributed by atoms with Crippen molar-refractivity contribution in [3.63, 3.8) is 0 Å². The van der Waals surface area contributed by atoms with Crippen LogP contribution in [-0.4, -0.2) is 28.8 Å². The van der Waals surface area contributed by atoms with Crippen molar-refractivity contribution in [1.82, 2.24) is 0 Å². The number of hydrogen-bond acceptors (Lipinski definition) is 5. The number of ketones is 1. The Morgan fingerprint density at radius 3 is 1.54 bits per heavy atom. The first-order valence-electron chi connectivity index (χ1n) is 9.85. The van der Waals surface area contributed by atoms with Crippen molar-refractivity contribution in [2.45, 2.75) is 46.3 Å². The maximum atomic E-state index is 12.7. The van der Waals surface area contributed by atoms with Gasteiger partial charge < -0.3 is 0 Å². The minimum Gasteiger partial charge on any atom is -0.299 e. The van der Waals surface area contributed by atoms with Gasteiger partial charge in [-0.05, 0) is 47.2 Å². The third-order valence-electron chi connectivity index (χ3n) is 4.91. The van der Waals surface area contributed by atoms with Gasteiger partial charge >= 0.3 is 0 Å². The number of rotatable bonds is 4. The lowest BCUT2D eigenvalue weighted by Gasteiger charge is -2.09. The molecule has 0 N–H and O–H groups in total. The zero-order valence-corrected chi connectivity index (χ0v) is 19.7. The number of carbonyl (C=O) groups excluding carboxylic acids is 1. The smallest absolute Gasteiger partial charge is 0.141 e. The number of thioether (sulfide) groups is 4. The molecule has 2 aromatic rings. The minimum absolute atomic E-state index is 0.305. The lowest BCUT2D eigenvalue weighted by molar-refractivity contribution is -0.117. The van der Waals surface area contributed by atoms with E-state index in [1.807, 2.05) is 47.0 Å². The van der Waals surface area contributed by atoms with E-state index in [0.717, 1.165) is 23.0 Å². The molecule has 0 spiro atoms. The van der Waals surface area contributed by atoms with E-state index in [1.165, 1.54) is 42.6 Å². The van der Waals surface area contributed by atoms with Gasteiger partial charge in [0.05, 0.1) is 0 Å². The van der Waals surface area contributed by atoms with Crippen LogP contribution in [0.2, 0.25) is 0 Å². The van der Waals surface area contributed by atoms with Crippen LogP contribution in [0.25, 0.3) is 0 Å². The van der Waals surface area contributed by atoms with Crippen molar-refractivity contribution >= 4 is 52.8 Å². The lowest BCUT2D eigenvalue weighted by atomic mass is 10.0. The fourth-order valence-corrected chi connectivity index (χ4v) is 8.29. The molecule has 2 aliphatic rings. The largest absolute Gasteiger partial charge is 0.299 e. The summed E-state index contributed by atoms with van der Waals surface area (Å²) in [4.78, 5) is 18.2. The van der Waals surface area contributed by atoms with Crippen molar-refractivity contribution < 1.29 is 4.79 Å². The van der Waals surface area contributed by atoms with E-state index in [4.69, 9.17) is 0 Å². The van der Waals surface area contributed by atoms with Crippen LogP contribution in [-0.2, 0) is 17.6 Å². The van der Waals surface area contributed by atoms with E-state index in [9.17, 15) is 4.79 Å². The molecule has 0 saturated carbocycles. The highest BCUT2D eigenvalue weighted by Gasteiger charge is 2.17. The van der Waals surface area contributed by atoms with Crippen LogP contribution in [0.3, 0.4) is 0 Å². The Hall–Kier alpha value is -0.490. The highest BCUT2D eigenvalue weighted by atomic mass is 32.2. The summed E-state index contributed by atoms with van der Waals surface area (Å²) in [5.74, 6) is 6.48. The molecule has 5 heteroatoms. The van der Waals surface area contributed by atoms with Crippen LogP contribution in [0.1, 0.15) is 25.0 Å². The maximum Gasteiger partial charge on any atom is 0.141 e. The number of hydrogen-bond donors (Lipinski definition) is 0. The first-order valence-corrected chi connectivity index (χ1v) is 13.8. The summed E-state index contributed by atoms with van der Waals surface area (Å²) in [6, 6.07) is 13.2. The van der Waals surface area contributed by atoms with Crippen molar-refractivity contribution in [3.8, 4) is 0 Å². The van der Waals surface area contributed by atoms with Crippen LogP contribution in [0.5, 0.6) is 0 Å². The van der Waals surface area contributed by atoms with E-state index in [0.29, 0.717) is 18.6 Å². The Balaban J connectivity index is 1.41. The monoisotopic (exact) mass is 446 g/mol. The minimum atomic E-state index is 0.305. The molecular formula is C23H26OS4. The second-order valence-corrected chi connectivity index (χ2v) is 12.2. The summed E-state index contributed by atoms with van der Waals surface area (Å²) in [7, 11) is 0. The predicted molar refractivity (Wildman–Crippen MR) is 127 cm³/mol. The van der Waals surface area contributed by atoms with Gasteiger partial charge in [0.2, 0.25) is 0 Å². The summed E-state index contributed by atoms with van der Waals surface area (Å²) in [5.41, 5.74) is 2.31. The summed E-state index contributed by atoms with van der Waals surface area (Å²) in [6.45, 7) is 4.63. The van der Waals surface area contributed by atoms with Crippen LogP contribution in [0.4, 0.5) is 0 Å². The number of Topliss-reactive ketones (excluding diaryl/α,β-unsaturated/α-hetero) is 1. The molecule has 0 saturated heterocycles. The van der Waals surface area contributed by atoms with Crippen LogP contribution < -0.4 is 0 Å². The average Bonchev–Trinajstić information content (AvgIpc) is 2.98. The van der Waals surface area contributed by atoms with Gasteiger partial charge in [-0.25, -0.2) is 0 Å². The zero-order valence-electron chi connectivity index (χ0n) is 16.4. The highest BCUT2D eigenvalue weighted by Crippen LogP contribution is 2.39. The van der Waals surface area contributed by atoms with Gasteiger partial charge in [-0.3, -0.25) is 4.79 Å². The molecular weight excluding hydrogens is 421 g/mol. The molecule has 0 aliphatic carbocycles. The summed E-state index contributed by atoms with van der Waals surface area (Å²) < 4.78 is 0. The van der Waals surface area contributed by atoms with Crippen molar-refractivity contribution in [3.05, 3.63) is 47.5 Å². The van der Waals surface area contributed by atoms with Gasteiger partial charge in [0.1, 0.15) is 5.78 Å². The van der Waals surface area contributed by atoms with Gasteiger partial charge in [-0.2, -0.15) is 0 Å². The molecule has 148 valence electrons. The summed E-state index contributed by atoms with van der Waals surface area (Å²) >= 11 is 7.79. The third kappa shape index (κ3) is 5.35. The molecule has 4 rings (SSSR count). The molecule has 2 unspecified atom stereocenters. The topological polar surface area (TPSA) is 17.1 Å². The standard InChI is InChI=1S/C23H26OS4/c1-15-11-25-20-5-3-17(9-22(20)27-13-15)7-19(24)8-18-4-6-21-23(10-18)28-14-16(2)12-26-21/h3-6,9-10,15-16H,7-8,11-14H2,1-2H3. The molecule has 0 radical (unpaired) electrons. The molecule has 0 amide bonds. The average molecular weight is 447 g/mol. The molecule has 28 heavy (non-hydrogen) atoms. The van der Waals surface area contributed by atoms with E-state index in [-0.39, 0.29) is 0 Å². The van der Waals surface area contributed by atoms with Crippen LogP contribution >= 0.6 is 47.0 Å². The third-order valence-corrected chi connectivity index (χ3v) is 10.7. The van der Waals surface area contributed by atoms with Crippen LogP contribution in [0, 0.1) is 11.8 Å². The van der Waals surface area contributed by atoms with Gasteiger partial charge in [-0.1, -0.05) is 26.0 Å². The molecule has 2 aliphatic heterocycles. The van der Waals surface area contributed by atoms with Gasteiger partial charge in [-0.15, -0.1) is 47.0 Å². The van der Waals surface area contributed by atoms with E-state index in [2.05, 4.69) is 50.2 Å². The molecule has 1 nitrogen and oxygen atoms in total. The van der Waals surface area contributed by atoms with Gasteiger partial charge in [0, 0.05) is 55.4 Å². The molecule has 2 aromatic carbocycles. The van der Waals surface area contributed by atoms with Gasteiger partial charge in [0.25, 0.3) is 0 Å². The first kappa shape index (κ1) is 20.8. The Morgan fingerprint density at radius 1 is 0.714 bits per heavy atom. The first-order chi connectivity index (χ1) is 13.6. The number of benzene rings is 2. The molecule has 0 bridgehead atoms. The molecule has 2 heterocycles. The van der Waals surface area contributed by atoms with Crippen molar-refractivity contribution in [1.29, 1.82) is 0 Å². The fraction of sp³-hybridized carbons (Fsp3) is 0.435. The Kier molecular flexibility index (Phi) is 7.08. The predicted octanol–water partition coefficient (Wildman–Crippen LogP) is 6.71. The lowest BCUT2D eigenvalue weighted by Crippen LogP contribution is -2.07. The normalized spacial score (nSPS) is 21.9. The van der Waals surface area contributed by atoms with Gasteiger partial charge in [0.15, 0.2) is 0 Å². The fourth-order valence-electron chi connectivity index (χ4n) is 3.33. The second kappa shape index (κ2) is 9.55.